The zero-order chi connectivity index (χ0) is 15.2. The third kappa shape index (κ3) is 3.80. The molecule has 1 fully saturated rings. The van der Waals surface area contributed by atoms with E-state index in [0.29, 0.717) is 48.4 Å². The molecule has 2 rings (SSSR count). The summed E-state index contributed by atoms with van der Waals surface area (Å²) in [5.74, 6) is 1.01. The van der Waals surface area contributed by atoms with Crippen LogP contribution in [-0.4, -0.2) is 50.2 Å². The summed E-state index contributed by atoms with van der Waals surface area (Å²) in [4.78, 5) is 14.4. The first-order valence-electron chi connectivity index (χ1n) is 7.26. The van der Waals surface area contributed by atoms with Crippen molar-refractivity contribution in [3.8, 4) is 11.5 Å². The Hall–Kier alpha value is -1.46. The van der Waals surface area contributed by atoms with E-state index in [1.165, 1.54) is 0 Å². The second-order valence-corrected chi connectivity index (χ2v) is 5.09. The zero-order valence-corrected chi connectivity index (χ0v) is 13.2. The van der Waals surface area contributed by atoms with Crippen molar-refractivity contribution in [1.82, 2.24) is 10.2 Å². The molecule has 1 heterocycles. The van der Waals surface area contributed by atoms with Gasteiger partial charge < -0.3 is 19.7 Å². The van der Waals surface area contributed by atoms with Crippen LogP contribution < -0.4 is 14.8 Å². The molecule has 1 amide bonds. The number of nitrogens with zero attached hydrogens (tertiary/aromatic N) is 1. The van der Waals surface area contributed by atoms with Crippen LogP contribution in [0.1, 0.15) is 24.2 Å². The van der Waals surface area contributed by atoms with E-state index in [4.69, 9.17) is 21.1 Å². The van der Waals surface area contributed by atoms with Gasteiger partial charge in [-0.1, -0.05) is 11.6 Å². The number of halogens is 1. The van der Waals surface area contributed by atoms with Crippen LogP contribution >= 0.6 is 11.6 Å². The van der Waals surface area contributed by atoms with Gasteiger partial charge in [-0.3, -0.25) is 4.79 Å². The summed E-state index contributed by atoms with van der Waals surface area (Å²) in [6.45, 7) is 7.75. The molecule has 0 bridgehead atoms. The molecule has 0 atom stereocenters. The van der Waals surface area contributed by atoms with Crippen LogP contribution in [0.5, 0.6) is 11.5 Å². The molecule has 1 aliphatic rings. The number of piperazine rings is 1. The van der Waals surface area contributed by atoms with Gasteiger partial charge in [-0.25, -0.2) is 0 Å². The highest BCUT2D eigenvalue weighted by molar-refractivity contribution is 6.32. The van der Waals surface area contributed by atoms with Crippen LogP contribution in [0.2, 0.25) is 5.02 Å². The van der Waals surface area contributed by atoms with Crippen molar-refractivity contribution >= 4 is 17.5 Å². The zero-order valence-electron chi connectivity index (χ0n) is 12.4. The first-order valence-corrected chi connectivity index (χ1v) is 7.64. The van der Waals surface area contributed by atoms with Gasteiger partial charge in [-0.2, -0.15) is 0 Å². The van der Waals surface area contributed by atoms with E-state index in [2.05, 4.69) is 5.32 Å². The third-order valence-electron chi connectivity index (χ3n) is 3.27. The molecule has 5 nitrogen and oxygen atoms in total. The Bertz CT molecular complexity index is 502. The molecule has 0 radical (unpaired) electrons. The lowest BCUT2D eigenvalue weighted by Gasteiger charge is -2.28. The first kappa shape index (κ1) is 15.9. The van der Waals surface area contributed by atoms with Crippen molar-refractivity contribution in [2.75, 3.05) is 39.4 Å². The van der Waals surface area contributed by atoms with Crippen LogP contribution in [0.15, 0.2) is 12.1 Å². The number of rotatable bonds is 5. The second kappa shape index (κ2) is 7.52. The maximum Gasteiger partial charge on any atom is 0.257 e. The van der Waals surface area contributed by atoms with Crippen LogP contribution in [0.3, 0.4) is 0 Å². The highest BCUT2D eigenvalue weighted by Gasteiger charge is 2.23. The Kier molecular flexibility index (Phi) is 5.70. The minimum absolute atomic E-state index is 0.0510. The minimum atomic E-state index is -0.0510. The van der Waals surface area contributed by atoms with Crippen molar-refractivity contribution in [2.45, 2.75) is 13.8 Å². The van der Waals surface area contributed by atoms with Crippen LogP contribution in [-0.2, 0) is 0 Å². The number of ether oxygens (including phenoxy) is 2. The number of amides is 1. The fraction of sp³-hybridized carbons (Fsp3) is 0.533. The molecule has 1 aromatic carbocycles. The molecule has 1 aromatic rings. The van der Waals surface area contributed by atoms with Gasteiger partial charge in [0.05, 0.1) is 23.8 Å². The summed E-state index contributed by atoms with van der Waals surface area (Å²) in [5, 5.41) is 3.66. The van der Waals surface area contributed by atoms with Gasteiger partial charge in [0.15, 0.2) is 0 Å². The standard InChI is InChI=1S/C15H21ClN2O3/c1-3-20-13-10-14(21-4-2)12(16)9-11(13)15(19)18-7-5-17-6-8-18/h9-10,17H,3-8H2,1-2H3. The highest BCUT2D eigenvalue weighted by Crippen LogP contribution is 2.33. The maximum atomic E-state index is 12.6. The number of carbonyl (C=O) groups excluding carboxylic acids is 1. The molecular formula is C15H21ClN2O3. The maximum absolute atomic E-state index is 12.6. The number of benzene rings is 1. The molecule has 0 unspecified atom stereocenters. The van der Waals surface area contributed by atoms with Gasteiger partial charge >= 0.3 is 0 Å². The third-order valence-corrected chi connectivity index (χ3v) is 3.56. The lowest BCUT2D eigenvalue weighted by molar-refractivity contribution is 0.0731. The van der Waals surface area contributed by atoms with Crippen molar-refractivity contribution in [3.05, 3.63) is 22.7 Å². The molecule has 0 aromatic heterocycles. The second-order valence-electron chi connectivity index (χ2n) is 4.69. The Morgan fingerprint density at radius 1 is 1.19 bits per heavy atom. The van der Waals surface area contributed by atoms with E-state index in [0.717, 1.165) is 13.1 Å². The Balaban J connectivity index is 2.31. The molecule has 21 heavy (non-hydrogen) atoms. The van der Waals surface area contributed by atoms with Gasteiger partial charge in [0, 0.05) is 32.2 Å². The lowest BCUT2D eigenvalue weighted by atomic mass is 10.1. The van der Waals surface area contributed by atoms with Crippen molar-refractivity contribution < 1.29 is 14.3 Å². The topological polar surface area (TPSA) is 50.8 Å². The van der Waals surface area contributed by atoms with Crippen molar-refractivity contribution in [3.63, 3.8) is 0 Å². The molecule has 1 aliphatic heterocycles. The Morgan fingerprint density at radius 2 is 1.81 bits per heavy atom. The summed E-state index contributed by atoms with van der Waals surface area (Å²) >= 11 is 6.20. The average molecular weight is 313 g/mol. The SMILES string of the molecule is CCOc1cc(OCC)c(C(=O)N2CCNCC2)cc1Cl. The van der Waals surface area contributed by atoms with Gasteiger partial charge in [0.25, 0.3) is 5.91 Å². The molecule has 0 saturated carbocycles. The fourth-order valence-electron chi connectivity index (χ4n) is 2.28. The molecular weight excluding hydrogens is 292 g/mol. The quantitative estimate of drug-likeness (QED) is 0.905. The van der Waals surface area contributed by atoms with Crippen LogP contribution in [0.25, 0.3) is 0 Å². The first-order chi connectivity index (χ1) is 10.2. The van der Waals surface area contributed by atoms with E-state index in [1.54, 1.807) is 12.1 Å². The highest BCUT2D eigenvalue weighted by atomic mass is 35.5. The number of carbonyl (C=O) groups is 1. The molecule has 0 aliphatic carbocycles. The number of nitrogens with one attached hydrogen (secondary N) is 1. The Morgan fingerprint density at radius 3 is 2.43 bits per heavy atom. The fourth-order valence-corrected chi connectivity index (χ4v) is 2.50. The summed E-state index contributed by atoms with van der Waals surface area (Å²) < 4.78 is 11.0. The summed E-state index contributed by atoms with van der Waals surface area (Å²) in [6, 6.07) is 3.34. The normalized spacial score (nSPS) is 14.9. The predicted molar refractivity (Wildman–Crippen MR) is 82.6 cm³/mol. The van der Waals surface area contributed by atoms with Crippen LogP contribution in [0, 0.1) is 0 Å². The van der Waals surface area contributed by atoms with E-state index >= 15 is 0 Å². The molecule has 116 valence electrons. The summed E-state index contributed by atoms with van der Waals surface area (Å²) in [7, 11) is 0. The molecule has 6 heteroatoms. The van der Waals surface area contributed by atoms with Crippen LogP contribution in [0.4, 0.5) is 0 Å². The summed E-state index contributed by atoms with van der Waals surface area (Å²) in [5.41, 5.74) is 0.493. The molecule has 0 spiro atoms. The Labute approximate surface area is 130 Å². The lowest BCUT2D eigenvalue weighted by Crippen LogP contribution is -2.46. The van der Waals surface area contributed by atoms with E-state index in [-0.39, 0.29) is 5.91 Å². The minimum Gasteiger partial charge on any atom is -0.493 e. The van der Waals surface area contributed by atoms with Gasteiger partial charge in [0.2, 0.25) is 0 Å². The average Bonchev–Trinajstić information content (AvgIpc) is 2.51. The van der Waals surface area contributed by atoms with E-state index in [9.17, 15) is 4.79 Å². The van der Waals surface area contributed by atoms with Gasteiger partial charge in [-0.05, 0) is 19.9 Å². The summed E-state index contributed by atoms with van der Waals surface area (Å²) in [6.07, 6.45) is 0. The largest absolute Gasteiger partial charge is 0.493 e. The van der Waals surface area contributed by atoms with E-state index in [1.807, 2.05) is 18.7 Å². The number of hydrogen-bond acceptors (Lipinski definition) is 4. The van der Waals surface area contributed by atoms with Crippen molar-refractivity contribution in [1.29, 1.82) is 0 Å². The monoisotopic (exact) mass is 312 g/mol. The van der Waals surface area contributed by atoms with Gasteiger partial charge in [-0.15, -0.1) is 0 Å². The predicted octanol–water partition coefficient (Wildman–Crippen LogP) is 2.18. The molecule has 1 saturated heterocycles. The van der Waals surface area contributed by atoms with Crippen molar-refractivity contribution in [2.24, 2.45) is 0 Å². The van der Waals surface area contributed by atoms with Gasteiger partial charge in [0.1, 0.15) is 11.5 Å². The smallest absolute Gasteiger partial charge is 0.257 e. The van der Waals surface area contributed by atoms with E-state index < -0.39 is 0 Å². The number of hydrogen-bond donors (Lipinski definition) is 1. The molecule has 1 N–H and O–H groups in total.